The van der Waals surface area contributed by atoms with Crippen LogP contribution in [0.2, 0.25) is 15.1 Å². The van der Waals surface area contributed by atoms with Crippen molar-refractivity contribution in [3.05, 3.63) is 248 Å². The predicted octanol–water partition coefficient (Wildman–Crippen LogP) is 16.3. The number of ether oxygens (including phenoxy) is 3. The molecule has 0 fully saturated rings. The van der Waals surface area contributed by atoms with Crippen molar-refractivity contribution in [1.82, 2.24) is 26.6 Å². The number of anilines is 3. The van der Waals surface area contributed by atoms with Crippen LogP contribution < -0.4 is 57.6 Å². The molecule has 0 bridgehead atoms. The lowest BCUT2D eigenvalue weighted by molar-refractivity contribution is -0.139. The first kappa shape index (κ1) is 94.9. The molecule has 8 aromatic carbocycles. The fourth-order valence-electron chi connectivity index (χ4n) is 8.77. The Labute approximate surface area is 628 Å². The standard InChI is InChI=1S/C27H28ClN3O4.C20H24ClN3O3.C19H21ClN2O4.C7H5ClO.6CH4/c1-17(2)35-24-14-11-20(16-22(24)28)26(33)31-23(27(34)29-3)15-18-9-12-21(13-10-18)30-25(32)19-7-5-4-6-8-19;1-12(2)27-18-9-6-14(11-16(18)21)19(25)24-17(20(26)23-3)10-13-4-7-15(22)8-5-13;1-11(2)26-17-8-5-13(10-15(17)20)18(23)22-16(19(24)25)9-12-3-6-14(21)7-4-12;8-7(9)6-4-2-1-3-5-6;;;;;;/h4-14,16-17,23H,15H2,1-3H3,(H,29,34)(H,30,32)(H,31,33);4-9,11-12,17H,10,22H2,1-3H3,(H,23,26)(H,24,25);3-8,10-11,16H,9,21H2,1-2H3,(H,22,23)(H,24,25);1-5H;6*1H4. The number of carboxylic acids is 1. The SMILES string of the molecule is C.C.C.C.C.C.CC(C)Oc1ccc(C(=O)NC(Cc2ccc(N)cc2)C(=O)O)cc1Cl.CNC(=O)C(Cc1ccc(N)cc1)NC(=O)c1ccc(OC(C)C)c(Cl)c1.CNC(=O)C(Cc1ccc(NC(=O)c2ccccc2)cc1)NC(=O)c1ccc(OC(C)C)c(Cl)c1.O=C(Cl)c1ccccc1. The molecule has 24 heteroatoms. The van der Waals surface area contributed by atoms with Gasteiger partial charge in [0.25, 0.3) is 28.9 Å². The summed E-state index contributed by atoms with van der Waals surface area (Å²) in [6, 6.07) is 50.3. The van der Waals surface area contributed by atoms with E-state index in [4.69, 9.17) is 72.1 Å². The lowest BCUT2D eigenvalue weighted by Gasteiger charge is -2.18. The van der Waals surface area contributed by atoms with Crippen LogP contribution in [0.4, 0.5) is 17.1 Å². The maximum absolute atomic E-state index is 12.8. The number of carboxylic acid groups (broad SMARTS) is 1. The highest BCUT2D eigenvalue weighted by molar-refractivity contribution is 6.67. The first-order chi connectivity index (χ1) is 46.1. The summed E-state index contributed by atoms with van der Waals surface area (Å²) < 4.78 is 16.7. The number of likely N-dealkylation sites (N-methyl/N-ethyl adjacent to an activating group) is 2. The smallest absolute Gasteiger partial charge is 0.326 e. The van der Waals surface area contributed by atoms with Gasteiger partial charge in [-0.3, -0.25) is 33.6 Å². The zero-order valence-corrected chi connectivity index (χ0v) is 57.6. The molecule has 0 aliphatic heterocycles. The molecule has 6 amide bonds. The van der Waals surface area contributed by atoms with Crippen LogP contribution in [0.5, 0.6) is 17.2 Å². The maximum atomic E-state index is 12.8. The Morgan fingerprint density at radius 2 is 0.680 bits per heavy atom. The van der Waals surface area contributed by atoms with Crippen molar-refractivity contribution < 1.29 is 57.7 Å². The van der Waals surface area contributed by atoms with Crippen LogP contribution in [0, 0.1) is 0 Å². The van der Waals surface area contributed by atoms with Crippen molar-refractivity contribution in [3.63, 3.8) is 0 Å². The molecule has 0 saturated heterocycles. The van der Waals surface area contributed by atoms with Crippen LogP contribution in [0.3, 0.4) is 0 Å². The minimum atomic E-state index is -1.12. The van der Waals surface area contributed by atoms with E-state index in [1.165, 1.54) is 32.3 Å². The molecule has 8 aromatic rings. The van der Waals surface area contributed by atoms with Gasteiger partial charge in [-0.25, -0.2) is 4.79 Å². The van der Waals surface area contributed by atoms with Gasteiger partial charge in [0.15, 0.2) is 0 Å². The molecule has 0 aromatic heterocycles. The average Bonchev–Trinajstić information content (AvgIpc) is 0.852. The third-order valence-corrected chi connectivity index (χ3v) is 14.6. The molecular weight excluding hydrogens is 1390 g/mol. The number of nitrogen functional groups attached to an aromatic ring is 2. The number of nitrogens with one attached hydrogen (secondary N) is 6. The van der Waals surface area contributed by atoms with Crippen LogP contribution in [0.15, 0.2) is 188 Å². The Bertz CT molecular complexity index is 3940. The van der Waals surface area contributed by atoms with E-state index >= 15 is 0 Å². The Morgan fingerprint density at radius 3 is 0.951 bits per heavy atom. The fraction of sp³-hybridized carbons (Fsp3) is 0.291. The number of halogens is 4. The van der Waals surface area contributed by atoms with E-state index < -0.39 is 47.1 Å². The van der Waals surface area contributed by atoms with Crippen LogP contribution in [-0.2, 0) is 33.6 Å². The Kier molecular flexibility index (Phi) is 44.1. The molecular formula is C79H102Cl4N8O12. The van der Waals surface area contributed by atoms with E-state index in [9.17, 15) is 43.5 Å². The number of hydrogen-bond acceptors (Lipinski definition) is 13. The first-order valence-electron chi connectivity index (χ1n) is 30.5. The molecule has 20 nitrogen and oxygen atoms in total. The molecule has 0 spiro atoms. The van der Waals surface area contributed by atoms with E-state index in [1.54, 1.807) is 146 Å². The zero-order valence-electron chi connectivity index (χ0n) is 54.6. The molecule has 558 valence electrons. The number of amides is 6. The van der Waals surface area contributed by atoms with Gasteiger partial charge in [0, 0.05) is 78.2 Å². The van der Waals surface area contributed by atoms with Gasteiger partial charge in [-0.05, 0) is 173 Å². The number of hydrogen-bond donors (Lipinski definition) is 9. The minimum Gasteiger partial charge on any atom is -0.489 e. The predicted molar refractivity (Wildman–Crippen MR) is 422 cm³/mol. The summed E-state index contributed by atoms with van der Waals surface area (Å²) in [6.45, 7) is 11.3. The van der Waals surface area contributed by atoms with Crippen LogP contribution >= 0.6 is 46.4 Å². The number of rotatable bonds is 24. The molecule has 0 heterocycles. The van der Waals surface area contributed by atoms with E-state index in [-0.39, 0.29) is 104 Å². The van der Waals surface area contributed by atoms with Gasteiger partial charge in [0.05, 0.1) is 33.4 Å². The van der Waals surface area contributed by atoms with Crippen molar-refractivity contribution in [1.29, 1.82) is 0 Å². The normalized spacial score (nSPS) is 10.7. The van der Waals surface area contributed by atoms with Crippen LogP contribution in [0.25, 0.3) is 0 Å². The molecule has 0 saturated carbocycles. The summed E-state index contributed by atoms with van der Waals surface area (Å²) in [5.41, 5.74) is 17.6. The first-order valence-corrected chi connectivity index (χ1v) is 32.0. The Morgan fingerprint density at radius 1 is 0.388 bits per heavy atom. The van der Waals surface area contributed by atoms with Gasteiger partial charge < -0.3 is 62.7 Å². The molecule has 3 atom stereocenters. The highest BCUT2D eigenvalue weighted by Crippen LogP contribution is 2.29. The van der Waals surface area contributed by atoms with Crippen molar-refractivity contribution in [2.75, 3.05) is 30.9 Å². The van der Waals surface area contributed by atoms with Crippen molar-refractivity contribution >= 4 is 110 Å². The average molecular weight is 1500 g/mol. The summed E-state index contributed by atoms with van der Waals surface area (Å²) in [5, 5.41) is 26.0. The molecule has 0 aliphatic carbocycles. The summed E-state index contributed by atoms with van der Waals surface area (Å²) in [6.07, 6.45) is 0.615. The fourth-order valence-corrected chi connectivity index (χ4v) is 9.57. The quantitative estimate of drug-likeness (QED) is 0.0201. The number of nitrogens with two attached hydrogens (primary N) is 2. The highest BCUT2D eigenvalue weighted by Gasteiger charge is 2.25. The number of carbonyl (C=O) groups excluding carboxylic acids is 7. The van der Waals surface area contributed by atoms with Crippen molar-refractivity contribution in [2.24, 2.45) is 0 Å². The summed E-state index contributed by atoms with van der Waals surface area (Å²) in [5.74, 6) is -1.83. The lowest BCUT2D eigenvalue weighted by Crippen LogP contribution is -2.47. The van der Waals surface area contributed by atoms with Gasteiger partial charge in [-0.1, -0.05) is 164 Å². The topological polar surface area (TPSA) is 309 Å². The summed E-state index contributed by atoms with van der Waals surface area (Å²) in [7, 11) is 3.04. The second-order valence-electron chi connectivity index (χ2n) is 22.3. The van der Waals surface area contributed by atoms with Crippen LogP contribution in [0.1, 0.15) is 155 Å². The number of aliphatic carboxylic acids is 1. The second kappa shape index (κ2) is 47.9. The van der Waals surface area contributed by atoms with E-state index in [1.807, 2.05) is 65.8 Å². The Hall–Kier alpha value is -10.1. The van der Waals surface area contributed by atoms with Gasteiger partial charge in [-0.2, -0.15) is 0 Å². The summed E-state index contributed by atoms with van der Waals surface area (Å²) >= 11 is 23.7. The molecule has 103 heavy (non-hydrogen) atoms. The minimum absolute atomic E-state index is 0. The maximum Gasteiger partial charge on any atom is 0.326 e. The van der Waals surface area contributed by atoms with E-state index in [2.05, 4.69) is 31.9 Å². The number of carbonyl (C=O) groups is 8. The second-order valence-corrected chi connectivity index (χ2v) is 23.9. The van der Waals surface area contributed by atoms with Gasteiger partial charge in [0.1, 0.15) is 35.4 Å². The van der Waals surface area contributed by atoms with Gasteiger partial charge in [-0.15, -0.1) is 0 Å². The molecule has 11 N–H and O–H groups in total. The van der Waals surface area contributed by atoms with Crippen LogP contribution in [-0.4, -0.2) is 102 Å². The summed E-state index contributed by atoms with van der Waals surface area (Å²) in [4.78, 5) is 96.7. The Balaban J connectivity index is 0. The third kappa shape index (κ3) is 32.6. The number of benzene rings is 8. The molecule has 3 unspecified atom stereocenters. The van der Waals surface area contributed by atoms with E-state index in [0.717, 1.165) is 16.7 Å². The molecule has 8 rings (SSSR count). The monoisotopic (exact) mass is 1490 g/mol. The third-order valence-electron chi connectivity index (χ3n) is 13.5. The molecule has 0 radical (unpaired) electrons. The van der Waals surface area contributed by atoms with Gasteiger partial charge in [0.2, 0.25) is 11.8 Å². The van der Waals surface area contributed by atoms with Crippen molar-refractivity contribution in [3.8, 4) is 17.2 Å². The molecule has 0 aliphatic rings. The largest absolute Gasteiger partial charge is 0.489 e. The van der Waals surface area contributed by atoms with Gasteiger partial charge >= 0.3 is 5.97 Å². The highest BCUT2D eigenvalue weighted by atomic mass is 35.5. The zero-order chi connectivity index (χ0) is 71.3. The van der Waals surface area contributed by atoms with Crippen molar-refractivity contribution in [2.45, 2.75) is 142 Å². The lowest BCUT2D eigenvalue weighted by atomic mass is 10.0. The van der Waals surface area contributed by atoms with E-state index in [0.29, 0.717) is 73.0 Å².